The molecule has 3 rings (SSSR count). The molecule has 0 heterocycles. The van der Waals surface area contributed by atoms with E-state index in [0.717, 1.165) is 24.8 Å². The molecule has 3 atom stereocenters. The number of rotatable bonds is 7. The van der Waals surface area contributed by atoms with E-state index in [4.69, 9.17) is 4.74 Å². The maximum atomic E-state index is 6.28. The molecule has 26 heavy (non-hydrogen) atoms. The third-order valence-corrected chi connectivity index (χ3v) is 5.64. The monoisotopic (exact) mass is 351 g/mol. The van der Waals surface area contributed by atoms with Gasteiger partial charge in [0.2, 0.25) is 0 Å². The summed E-state index contributed by atoms with van der Waals surface area (Å²) in [5, 5.41) is 3.66. The van der Waals surface area contributed by atoms with Crippen LogP contribution in [0.25, 0.3) is 0 Å². The van der Waals surface area contributed by atoms with Crippen LogP contribution < -0.4 is 10.1 Å². The van der Waals surface area contributed by atoms with Crippen molar-refractivity contribution in [2.24, 2.45) is 11.8 Å². The fraction of sp³-hybridized carbons (Fsp3) is 0.500. The smallest absolute Gasteiger partial charge is 0.119 e. The van der Waals surface area contributed by atoms with Crippen LogP contribution in [-0.2, 0) is 6.54 Å². The van der Waals surface area contributed by atoms with Crippen LogP contribution in [0.1, 0.15) is 49.3 Å². The van der Waals surface area contributed by atoms with Gasteiger partial charge in [0.05, 0.1) is 6.10 Å². The predicted octanol–water partition coefficient (Wildman–Crippen LogP) is 5.67. The third kappa shape index (κ3) is 5.60. The zero-order chi connectivity index (χ0) is 18.4. The van der Waals surface area contributed by atoms with Gasteiger partial charge in [-0.2, -0.15) is 0 Å². The number of aryl methyl sites for hydroxylation is 2. The molecule has 1 aliphatic carbocycles. The van der Waals surface area contributed by atoms with Gasteiger partial charge in [-0.05, 0) is 81.2 Å². The topological polar surface area (TPSA) is 21.3 Å². The summed E-state index contributed by atoms with van der Waals surface area (Å²) in [6, 6.07) is 17.2. The quantitative estimate of drug-likeness (QED) is 0.694. The Kier molecular flexibility index (Phi) is 6.73. The lowest BCUT2D eigenvalue weighted by Gasteiger charge is -2.33. The molecule has 1 saturated carbocycles. The first-order valence-corrected chi connectivity index (χ1v) is 10.1. The van der Waals surface area contributed by atoms with Crippen LogP contribution in [0.2, 0.25) is 0 Å². The summed E-state index contributed by atoms with van der Waals surface area (Å²) in [7, 11) is 0. The van der Waals surface area contributed by atoms with Gasteiger partial charge in [-0.15, -0.1) is 0 Å². The van der Waals surface area contributed by atoms with Crippen LogP contribution >= 0.6 is 0 Å². The number of ether oxygens (including phenoxy) is 1. The summed E-state index contributed by atoms with van der Waals surface area (Å²) in [4.78, 5) is 0. The second kappa shape index (κ2) is 9.23. The molecule has 3 unspecified atom stereocenters. The summed E-state index contributed by atoms with van der Waals surface area (Å²) in [5.74, 6) is 2.47. The molecule has 0 radical (unpaired) electrons. The van der Waals surface area contributed by atoms with Crippen LogP contribution in [0.15, 0.2) is 48.5 Å². The maximum Gasteiger partial charge on any atom is 0.119 e. The normalized spacial score (nSPS) is 21.3. The van der Waals surface area contributed by atoms with Crippen LogP contribution in [0.4, 0.5) is 0 Å². The summed E-state index contributed by atoms with van der Waals surface area (Å²) in [6.45, 7) is 8.71. The fourth-order valence-electron chi connectivity index (χ4n) is 4.12. The summed E-state index contributed by atoms with van der Waals surface area (Å²) < 4.78 is 6.28. The van der Waals surface area contributed by atoms with Gasteiger partial charge in [-0.25, -0.2) is 0 Å². The van der Waals surface area contributed by atoms with Crippen molar-refractivity contribution in [3.8, 4) is 5.75 Å². The van der Waals surface area contributed by atoms with Crippen molar-refractivity contribution in [3.63, 3.8) is 0 Å². The average Bonchev–Trinajstić information content (AvgIpc) is 2.62. The average molecular weight is 352 g/mol. The van der Waals surface area contributed by atoms with Crippen LogP contribution in [0.5, 0.6) is 5.75 Å². The van der Waals surface area contributed by atoms with Crippen LogP contribution in [-0.4, -0.2) is 12.6 Å². The predicted molar refractivity (Wildman–Crippen MR) is 110 cm³/mol. The number of nitrogens with one attached hydrogen (secondary N) is 1. The highest BCUT2D eigenvalue weighted by Crippen LogP contribution is 2.32. The van der Waals surface area contributed by atoms with Crippen LogP contribution in [0, 0.1) is 25.7 Å². The van der Waals surface area contributed by atoms with Crippen molar-refractivity contribution in [1.29, 1.82) is 0 Å². The second-order valence-electron chi connectivity index (χ2n) is 8.08. The van der Waals surface area contributed by atoms with E-state index in [1.54, 1.807) is 0 Å². The highest BCUT2D eigenvalue weighted by atomic mass is 16.5. The first kappa shape index (κ1) is 19.0. The zero-order valence-electron chi connectivity index (χ0n) is 16.5. The molecule has 1 aliphatic rings. The molecule has 0 saturated heterocycles. The molecular formula is C24H33NO. The van der Waals surface area contributed by atoms with E-state index in [-0.39, 0.29) is 0 Å². The lowest BCUT2D eigenvalue weighted by molar-refractivity contribution is 0.102. The van der Waals surface area contributed by atoms with Crippen LogP contribution in [0.3, 0.4) is 0 Å². The van der Waals surface area contributed by atoms with Gasteiger partial charge >= 0.3 is 0 Å². The first-order chi connectivity index (χ1) is 12.6. The van der Waals surface area contributed by atoms with Crippen molar-refractivity contribution in [2.75, 3.05) is 6.54 Å². The Morgan fingerprint density at radius 2 is 1.81 bits per heavy atom. The molecule has 0 aliphatic heterocycles. The van der Waals surface area contributed by atoms with Crippen molar-refractivity contribution >= 4 is 0 Å². The fourth-order valence-corrected chi connectivity index (χ4v) is 4.12. The molecular weight excluding hydrogens is 318 g/mol. The molecule has 0 bridgehead atoms. The lowest BCUT2D eigenvalue weighted by Crippen LogP contribution is -2.33. The Bertz CT molecular complexity index is 696. The molecule has 0 spiro atoms. The zero-order valence-corrected chi connectivity index (χ0v) is 16.5. The molecule has 140 valence electrons. The SMILES string of the molecule is Cc1cccc(CNCC(C)C2CCCC(Oc3cccc(C)c3)C2)c1. The number of hydrogen-bond donors (Lipinski definition) is 1. The highest BCUT2D eigenvalue weighted by Gasteiger charge is 2.27. The van der Waals surface area contributed by atoms with Gasteiger partial charge in [0.15, 0.2) is 0 Å². The molecule has 2 aromatic carbocycles. The molecule has 2 aromatic rings. The van der Waals surface area contributed by atoms with Crippen molar-refractivity contribution in [3.05, 3.63) is 65.2 Å². The van der Waals surface area contributed by atoms with Gasteiger partial charge in [-0.3, -0.25) is 0 Å². The van der Waals surface area contributed by atoms with Gasteiger partial charge in [0.1, 0.15) is 5.75 Å². The largest absolute Gasteiger partial charge is 0.490 e. The van der Waals surface area contributed by atoms with Crippen molar-refractivity contribution < 1.29 is 4.74 Å². The standard InChI is InChI=1S/C24H33NO/c1-18-7-4-9-21(13-18)17-25-16-20(3)22-10-6-12-24(15-22)26-23-11-5-8-19(2)14-23/h4-5,7-9,11,13-14,20,22,24-25H,6,10,12,15-17H2,1-3H3. The second-order valence-corrected chi connectivity index (χ2v) is 8.08. The molecule has 1 fully saturated rings. The Morgan fingerprint density at radius 1 is 1.04 bits per heavy atom. The minimum absolute atomic E-state index is 0.370. The van der Waals surface area contributed by atoms with E-state index >= 15 is 0 Å². The molecule has 2 heteroatoms. The van der Waals surface area contributed by atoms with Gasteiger partial charge in [0, 0.05) is 6.54 Å². The Labute approximate surface area is 159 Å². The van der Waals surface area contributed by atoms with Gasteiger partial charge in [0.25, 0.3) is 0 Å². The lowest BCUT2D eigenvalue weighted by atomic mass is 9.79. The van der Waals surface area contributed by atoms with Crippen molar-refractivity contribution in [2.45, 2.75) is 59.1 Å². The summed E-state index contributed by atoms with van der Waals surface area (Å²) in [6.07, 6.45) is 5.36. The highest BCUT2D eigenvalue weighted by molar-refractivity contribution is 5.27. The van der Waals surface area contributed by atoms with E-state index in [0.29, 0.717) is 12.0 Å². The van der Waals surface area contributed by atoms with E-state index in [9.17, 15) is 0 Å². The molecule has 1 N–H and O–H groups in total. The maximum absolute atomic E-state index is 6.28. The Balaban J connectivity index is 1.46. The molecule has 0 amide bonds. The first-order valence-electron chi connectivity index (χ1n) is 10.1. The number of hydrogen-bond acceptors (Lipinski definition) is 2. The van der Waals surface area contributed by atoms with E-state index in [1.807, 2.05) is 0 Å². The number of benzene rings is 2. The minimum Gasteiger partial charge on any atom is -0.490 e. The Morgan fingerprint density at radius 3 is 2.58 bits per heavy atom. The molecule has 0 aromatic heterocycles. The summed E-state index contributed by atoms with van der Waals surface area (Å²) >= 11 is 0. The minimum atomic E-state index is 0.370. The third-order valence-electron chi connectivity index (χ3n) is 5.64. The van der Waals surface area contributed by atoms with E-state index in [1.165, 1.54) is 42.4 Å². The van der Waals surface area contributed by atoms with E-state index in [2.05, 4.69) is 74.6 Å². The Hall–Kier alpha value is -1.80. The van der Waals surface area contributed by atoms with Gasteiger partial charge < -0.3 is 10.1 Å². The van der Waals surface area contributed by atoms with E-state index < -0.39 is 0 Å². The van der Waals surface area contributed by atoms with Gasteiger partial charge in [-0.1, -0.05) is 48.9 Å². The molecule has 2 nitrogen and oxygen atoms in total. The van der Waals surface area contributed by atoms with Crippen molar-refractivity contribution in [1.82, 2.24) is 5.32 Å². The summed E-state index contributed by atoms with van der Waals surface area (Å²) in [5.41, 5.74) is 3.98.